The van der Waals surface area contributed by atoms with E-state index in [1.54, 1.807) is 50.2 Å². The second-order valence-electron chi connectivity index (χ2n) is 8.61. The fraction of sp³-hybridized carbons (Fsp3) is 0.286. The van der Waals surface area contributed by atoms with Crippen molar-refractivity contribution in [3.05, 3.63) is 83.4 Å². The maximum absolute atomic E-state index is 13.8. The van der Waals surface area contributed by atoms with Gasteiger partial charge in [0, 0.05) is 18.1 Å². The first kappa shape index (κ1) is 29.8. The molecule has 0 aliphatic rings. The second-order valence-corrected chi connectivity index (χ2v) is 10.9. The summed E-state index contributed by atoms with van der Waals surface area (Å²) in [5, 5.41) is 3.14. The number of likely N-dealkylation sites (N-methyl/N-ethyl adjacent to an activating group) is 1. The van der Waals surface area contributed by atoms with E-state index in [4.69, 9.17) is 21.1 Å². The van der Waals surface area contributed by atoms with Crippen molar-refractivity contribution in [3.63, 3.8) is 0 Å². The number of nitrogens with one attached hydrogen (secondary N) is 1. The number of carbonyl (C=O) groups is 2. The second kappa shape index (κ2) is 13.3. The number of sulfonamides is 1. The lowest BCUT2D eigenvalue weighted by Gasteiger charge is -2.32. The summed E-state index contributed by atoms with van der Waals surface area (Å²) in [6, 6.07) is 18.3. The first-order chi connectivity index (χ1) is 18.6. The van der Waals surface area contributed by atoms with Crippen molar-refractivity contribution in [1.29, 1.82) is 0 Å². The number of carbonyl (C=O) groups excluding carboxylic acids is 2. The van der Waals surface area contributed by atoms with E-state index in [1.807, 2.05) is 0 Å². The van der Waals surface area contributed by atoms with Gasteiger partial charge in [0.1, 0.15) is 24.1 Å². The van der Waals surface area contributed by atoms with E-state index < -0.39 is 28.5 Å². The molecule has 0 radical (unpaired) electrons. The Bertz CT molecular complexity index is 1380. The molecule has 208 valence electrons. The maximum atomic E-state index is 13.8. The quantitative estimate of drug-likeness (QED) is 0.350. The Kier molecular flexibility index (Phi) is 10.2. The maximum Gasteiger partial charge on any atom is 0.264 e. The molecule has 11 heteroatoms. The molecule has 0 heterocycles. The molecule has 2 amide bonds. The van der Waals surface area contributed by atoms with Crippen LogP contribution in [0.1, 0.15) is 19.4 Å². The van der Waals surface area contributed by atoms with Gasteiger partial charge in [-0.25, -0.2) is 8.42 Å². The zero-order valence-corrected chi connectivity index (χ0v) is 23.8. The van der Waals surface area contributed by atoms with Crippen LogP contribution in [0.3, 0.4) is 0 Å². The lowest BCUT2D eigenvalue weighted by molar-refractivity contribution is -0.139. The highest BCUT2D eigenvalue weighted by molar-refractivity contribution is 7.92. The van der Waals surface area contributed by atoms with Crippen LogP contribution >= 0.6 is 11.6 Å². The van der Waals surface area contributed by atoms with E-state index in [0.29, 0.717) is 23.1 Å². The Morgan fingerprint density at radius 2 is 1.59 bits per heavy atom. The molecule has 0 fully saturated rings. The summed E-state index contributed by atoms with van der Waals surface area (Å²) in [6.45, 7) is 3.28. The van der Waals surface area contributed by atoms with Gasteiger partial charge in [-0.1, -0.05) is 23.7 Å². The number of hydrogen-bond acceptors (Lipinski definition) is 6. The topological polar surface area (TPSA) is 105 Å². The molecule has 3 aromatic rings. The standard InChI is InChI=1S/C28H32ClN3O6S/c1-5-30-28(34)20(2)31(18-21-7-6-8-25(17-21)38-4)27(33)19-32(23-11-9-22(29)10-12-23)39(35,36)26-15-13-24(37-3)14-16-26/h6-17,20H,5,18-19H2,1-4H3,(H,30,34)/t20-/m0/s1. The number of rotatable bonds is 12. The molecule has 9 nitrogen and oxygen atoms in total. The predicted molar refractivity (Wildman–Crippen MR) is 151 cm³/mol. The molecule has 3 rings (SSSR count). The summed E-state index contributed by atoms with van der Waals surface area (Å²) < 4.78 is 39.1. The van der Waals surface area contributed by atoms with E-state index in [2.05, 4.69) is 5.32 Å². The number of hydrogen-bond donors (Lipinski definition) is 1. The van der Waals surface area contributed by atoms with Crippen molar-refractivity contribution in [1.82, 2.24) is 10.2 Å². The van der Waals surface area contributed by atoms with Gasteiger partial charge in [0.15, 0.2) is 0 Å². The lowest BCUT2D eigenvalue weighted by Crippen LogP contribution is -2.51. The van der Waals surface area contributed by atoms with E-state index in [9.17, 15) is 18.0 Å². The number of anilines is 1. The minimum absolute atomic E-state index is 0.0258. The van der Waals surface area contributed by atoms with Crippen LogP contribution in [0.15, 0.2) is 77.7 Å². The van der Waals surface area contributed by atoms with Crippen LogP contribution in [0, 0.1) is 0 Å². The highest BCUT2D eigenvalue weighted by atomic mass is 35.5. The van der Waals surface area contributed by atoms with Gasteiger partial charge in [-0.15, -0.1) is 0 Å². The van der Waals surface area contributed by atoms with Gasteiger partial charge < -0.3 is 19.7 Å². The van der Waals surface area contributed by atoms with Crippen LogP contribution in [0.25, 0.3) is 0 Å². The number of benzene rings is 3. The van der Waals surface area contributed by atoms with Gasteiger partial charge in [0.25, 0.3) is 10.0 Å². The van der Waals surface area contributed by atoms with Gasteiger partial charge in [-0.05, 0) is 80.1 Å². The summed E-state index contributed by atoms with van der Waals surface area (Å²) in [7, 11) is -1.18. The number of nitrogens with zero attached hydrogens (tertiary/aromatic N) is 2. The zero-order valence-electron chi connectivity index (χ0n) is 22.3. The minimum atomic E-state index is -4.19. The predicted octanol–water partition coefficient (Wildman–Crippen LogP) is 4.11. The van der Waals surface area contributed by atoms with Gasteiger partial charge in [0.05, 0.1) is 24.8 Å². The average molecular weight is 574 g/mol. The van der Waals surface area contributed by atoms with Gasteiger partial charge in [-0.2, -0.15) is 0 Å². The Labute approximate surface area is 234 Å². The Balaban J connectivity index is 2.02. The molecule has 1 atom stereocenters. The SMILES string of the molecule is CCNC(=O)[C@H](C)N(Cc1cccc(OC)c1)C(=O)CN(c1ccc(Cl)cc1)S(=O)(=O)c1ccc(OC)cc1. The van der Waals surface area contributed by atoms with Gasteiger partial charge >= 0.3 is 0 Å². The monoisotopic (exact) mass is 573 g/mol. The van der Waals surface area contributed by atoms with Gasteiger partial charge in [0.2, 0.25) is 11.8 Å². The first-order valence-corrected chi connectivity index (χ1v) is 14.0. The van der Waals surface area contributed by atoms with Crippen molar-refractivity contribution in [2.24, 2.45) is 0 Å². The Morgan fingerprint density at radius 1 is 0.949 bits per heavy atom. The molecule has 0 aliphatic heterocycles. The molecule has 0 aromatic heterocycles. The molecule has 0 spiro atoms. The smallest absolute Gasteiger partial charge is 0.264 e. The minimum Gasteiger partial charge on any atom is -0.497 e. The third-order valence-electron chi connectivity index (χ3n) is 6.05. The largest absolute Gasteiger partial charge is 0.497 e. The van der Waals surface area contributed by atoms with Crippen LogP contribution < -0.4 is 19.1 Å². The number of halogens is 1. The zero-order chi connectivity index (χ0) is 28.6. The Morgan fingerprint density at radius 3 is 2.18 bits per heavy atom. The Hall–Kier alpha value is -3.76. The lowest BCUT2D eigenvalue weighted by atomic mass is 10.1. The molecule has 0 saturated heterocycles. The van der Waals surface area contributed by atoms with E-state index in [-0.39, 0.29) is 23.0 Å². The molecule has 0 bridgehead atoms. The number of ether oxygens (including phenoxy) is 2. The van der Waals surface area contributed by atoms with Crippen LogP contribution in [0.5, 0.6) is 11.5 Å². The highest BCUT2D eigenvalue weighted by Crippen LogP contribution is 2.27. The fourth-order valence-electron chi connectivity index (χ4n) is 3.88. The van der Waals surface area contributed by atoms with E-state index in [1.165, 1.54) is 55.5 Å². The third-order valence-corrected chi connectivity index (χ3v) is 8.09. The summed E-state index contributed by atoms with van der Waals surface area (Å²) >= 11 is 6.05. The fourth-order valence-corrected chi connectivity index (χ4v) is 5.42. The molecule has 1 N–H and O–H groups in total. The molecular weight excluding hydrogens is 542 g/mol. The number of methoxy groups -OCH3 is 2. The third kappa shape index (κ3) is 7.42. The van der Waals surface area contributed by atoms with Crippen molar-refractivity contribution >= 4 is 39.1 Å². The molecule has 0 unspecified atom stereocenters. The molecule has 3 aromatic carbocycles. The molecular formula is C28H32ClN3O6S. The van der Waals surface area contributed by atoms with Gasteiger partial charge in [-0.3, -0.25) is 13.9 Å². The summed E-state index contributed by atoms with van der Waals surface area (Å²) in [5.41, 5.74) is 0.963. The van der Waals surface area contributed by atoms with Crippen molar-refractivity contribution in [2.75, 3.05) is 31.6 Å². The summed E-state index contributed by atoms with van der Waals surface area (Å²) in [4.78, 5) is 28.0. The van der Waals surface area contributed by atoms with Crippen molar-refractivity contribution in [3.8, 4) is 11.5 Å². The average Bonchev–Trinajstić information content (AvgIpc) is 2.94. The van der Waals surface area contributed by atoms with Crippen molar-refractivity contribution in [2.45, 2.75) is 31.3 Å². The van der Waals surface area contributed by atoms with E-state index in [0.717, 1.165) is 9.87 Å². The van der Waals surface area contributed by atoms with Crippen LogP contribution in [0.4, 0.5) is 5.69 Å². The van der Waals surface area contributed by atoms with Crippen LogP contribution in [-0.4, -0.2) is 58.5 Å². The normalized spacial score (nSPS) is 11.8. The van der Waals surface area contributed by atoms with Crippen molar-refractivity contribution < 1.29 is 27.5 Å². The summed E-state index contributed by atoms with van der Waals surface area (Å²) in [5.74, 6) is 0.159. The molecule has 0 aliphatic carbocycles. The molecule has 0 saturated carbocycles. The number of amides is 2. The molecule has 39 heavy (non-hydrogen) atoms. The van der Waals surface area contributed by atoms with Crippen LogP contribution in [-0.2, 0) is 26.2 Å². The van der Waals surface area contributed by atoms with Crippen LogP contribution in [0.2, 0.25) is 5.02 Å². The highest BCUT2D eigenvalue weighted by Gasteiger charge is 2.32. The summed E-state index contributed by atoms with van der Waals surface area (Å²) in [6.07, 6.45) is 0. The van der Waals surface area contributed by atoms with E-state index >= 15 is 0 Å². The first-order valence-electron chi connectivity index (χ1n) is 12.2.